The van der Waals surface area contributed by atoms with Gasteiger partial charge in [-0.3, -0.25) is 4.21 Å². The van der Waals surface area contributed by atoms with Crippen molar-refractivity contribution in [2.45, 2.75) is 24.8 Å². The summed E-state index contributed by atoms with van der Waals surface area (Å²) in [5.41, 5.74) is -0.980. The minimum atomic E-state index is -4.47. The summed E-state index contributed by atoms with van der Waals surface area (Å²) in [7, 11) is -0.947. The Kier molecular flexibility index (Phi) is 5.06. The number of hydrogen-bond donors (Lipinski definition) is 1. The highest BCUT2D eigenvalue weighted by Crippen LogP contribution is 2.27. The van der Waals surface area contributed by atoms with E-state index in [1.165, 1.54) is 0 Å². The van der Waals surface area contributed by atoms with E-state index < -0.39 is 22.7 Å². The standard InChI is InChI=1S/C10H14F3N3OS/c1-7(18(2)17)3-5-14-9-15-6-4-8(16-9)10(11,12)13/h4,6-7H,3,5H2,1-2H3,(H,14,15,16). The maximum atomic E-state index is 12.4. The number of hydrogen-bond acceptors (Lipinski definition) is 4. The summed E-state index contributed by atoms with van der Waals surface area (Å²) >= 11 is 0. The number of rotatable bonds is 5. The van der Waals surface area contributed by atoms with Crippen molar-refractivity contribution < 1.29 is 17.4 Å². The summed E-state index contributed by atoms with van der Waals surface area (Å²) < 4.78 is 48.2. The van der Waals surface area contributed by atoms with Gasteiger partial charge in [-0.1, -0.05) is 6.92 Å². The molecule has 0 aliphatic heterocycles. The van der Waals surface area contributed by atoms with Gasteiger partial charge in [-0.25, -0.2) is 9.97 Å². The molecule has 0 saturated heterocycles. The van der Waals surface area contributed by atoms with Crippen LogP contribution in [-0.2, 0) is 17.0 Å². The van der Waals surface area contributed by atoms with Gasteiger partial charge in [-0.05, 0) is 12.5 Å². The Labute approximate surface area is 105 Å². The van der Waals surface area contributed by atoms with Crippen LogP contribution in [0.25, 0.3) is 0 Å². The van der Waals surface area contributed by atoms with Crippen molar-refractivity contribution >= 4 is 16.7 Å². The Morgan fingerprint density at radius 2 is 2.17 bits per heavy atom. The van der Waals surface area contributed by atoms with Crippen LogP contribution in [-0.4, -0.2) is 32.2 Å². The summed E-state index contributed by atoms with van der Waals surface area (Å²) in [4.78, 5) is 7.06. The van der Waals surface area contributed by atoms with Crippen molar-refractivity contribution in [3.8, 4) is 0 Å². The fourth-order valence-electron chi connectivity index (χ4n) is 1.15. The Hall–Kier alpha value is -1.18. The fourth-order valence-corrected chi connectivity index (χ4v) is 1.60. The zero-order valence-corrected chi connectivity index (χ0v) is 10.8. The van der Waals surface area contributed by atoms with E-state index in [1.54, 1.807) is 6.26 Å². The zero-order valence-electron chi connectivity index (χ0n) is 9.99. The van der Waals surface area contributed by atoms with Crippen LogP contribution in [0.1, 0.15) is 19.0 Å². The van der Waals surface area contributed by atoms with Gasteiger partial charge in [-0.2, -0.15) is 13.2 Å². The van der Waals surface area contributed by atoms with Crippen LogP contribution >= 0.6 is 0 Å². The van der Waals surface area contributed by atoms with Crippen molar-refractivity contribution in [1.29, 1.82) is 0 Å². The molecule has 0 aromatic carbocycles. The lowest BCUT2D eigenvalue weighted by atomic mass is 10.3. The van der Waals surface area contributed by atoms with Crippen molar-refractivity contribution in [1.82, 2.24) is 9.97 Å². The van der Waals surface area contributed by atoms with Crippen molar-refractivity contribution in [2.24, 2.45) is 0 Å². The lowest BCUT2D eigenvalue weighted by molar-refractivity contribution is -0.141. The lowest BCUT2D eigenvalue weighted by Crippen LogP contribution is -2.17. The third-order valence-electron chi connectivity index (χ3n) is 2.35. The Bertz CT molecular complexity index is 425. The number of halogens is 3. The third-order valence-corrected chi connectivity index (χ3v) is 3.72. The first kappa shape index (κ1) is 14.9. The van der Waals surface area contributed by atoms with Crippen molar-refractivity contribution in [3.63, 3.8) is 0 Å². The summed E-state index contributed by atoms with van der Waals surface area (Å²) in [6.07, 6.45) is -1.26. The molecule has 0 aliphatic rings. The minimum Gasteiger partial charge on any atom is -0.354 e. The molecule has 0 bridgehead atoms. The second kappa shape index (κ2) is 6.12. The Morgan fingerprint density at radius 3 is 2.72 bits per heavy atom. The molecule has 4 nitrogen and oxygen atoms in total. The number of nitrogens with one attached hydrogen (secondary N) is 1. The molecule has 1 aromatic heterocycles. The predicted molar refractivity (Wildman–Crippen MR) is 63.7 cm³/mol. The van der Waals surface area contributed by atoms with Crippen LogP contribution in [0.3, 0.4) is 0 Å². The number of nitrogens with zero attached hydrogens (tertiary/aromatic N) is 2. The maximum Gasteiger partial charge on any atom is 0.433 e. The first-order valence-corrected chi connectivity index (χ1v) is 6.89. The van der Waals surface area contributed by atoms with Gasteiger partial charge < -0.3 is 5.32 Å². The summed E-state index contributed by atoms with van der Waals surface area (Å²) in [6.45, 7) is 2.19. The average molecular weight is 281 g/mol. The molecule has 1 N–H and O–H groups in total. The molecule has 8 heteroatoms. The molecular weight excluding hydrogens is 267 g/mol. The molecule has 0 amide bonds. The topological polar surface area (TPSA) is 54.9 Å². The molecule has 2 unspecified atom stereocenters. The first-order valence-electron chi connectivity index (χ1n) is 5.27. The van der Waals surface area contributed by atoms with Crippen LogP contribution in [0.4, 0.5) is 19.1 Å². The quantitative estimate of drug-likeness (QED) is 0.897. The Balaban J connectivity index is 2.56. The van der Waals surface area contributed by atoms with E-state index in [4.69, 9.17) is 0 Å². The van der Waals surface area contributed by atoms with Crippen LogP contribution in [0.5, 0.6) is 0 Å². The predicted octanol–water partition coefficient (Wildman–Crippen LogP) is 2.06. The van der Waals surface area contributed by atoms with E-state index in [0.717, 1.165) is 12.3 Å². The van der Waals surface area contributed by atoms with Gasteiger partial charge >= 0.3 is 6.18 Å². The maximum absolute atomic E-state index is 12.4. The minimum absolute atomic E-state index is 0.0247. The van der Waals surface area contributed by atoms with E-state index in [9.17, 15) is 17.4 Å². The van der Waals surface area contributed by atoms with E-state index in [-0.39, 0.29) is 11.2 Å². The highest BCUT2D eigenvalue weighted by molar-refractivity contribution is 7.84. The van der Waals surface area contributed by atoms with Crippen LogP contribution in [0, 0.1) is 0 Å². The molecule has 1 heterocycles. The van der Waals surface area contributed by atoms with E-state index in [2.05, 4.69) is 15.3 Å². The van der Waals surface area contributed by atoms with Gasteiger partial charge in [0.1, 0.15) is 5.69 Å². The second-order valence-electron chi connectivity index (χ2n) is 3.79. The molecular formula is C10H14F3N3OS. The van der Waals surface area contributed by atoms with Crippen molar-refractivity contribution in [2.75, 3.05) is 18.1 Å². The van der Waals surface area contributed by atoms with Gasteiger partial charge in [0.25, 0.3) is 0 Å². The molecule has 102 valence electrons. The van der Waals surface area contributed by atoms with E-state index >= 15 is 0 Å². The van der Waals surface area contributed by atoms with E-state index in [0.29, 0.717) is 13.0 Å². The van der Waals surface area contributed by atoms with Gasteiger partial charge in [-0.15, -0.1) is 0 Å². The molecule has 0 radical (unpaired) electrons. The molecule has 18 heavy (non-hydrogen) atoms. The zero-order chi connectivity index (χ0) is 13.8. The summed E-state index contributed by atoms with van der Waals surface area (Å²) in [5, 5.41) is 2.66. The first-order chi connectivity index (χ1) is 8.30. The monoisotopic (exact) mass is 281 g/mol. The van der Waals surface area contributed by atoms with Gasteiger partial charge in [0.2, 0.25) is 5.95 Å². The van der Waals surface area contributed by atoms with Crippen LogP contribution in [0.15, 0.2) is 12.3 Å². The molecule has 0 saturated carbocycles. The molecule has 2 atom stereocenters. The van der Waals surface area contributed by atoms with Gasteiger partial charge in [0, 0.05) is 35.0 Å². The fraction of sp³-hybridized carbons (Fsp3) is 0.600. The summed E-state index contributed by atoms with van der Waals surface area (Å²) in [5.74, 6) is -0.0705. The Morgan fingerprint density at radius 1 is 1.50 bits per heavy atom. The normalized spacial score (nSPS) is 15.2. The smallest absolute Gasteiger partial charge is 0.354 e. The van der Waals surface area contributed by atoms with E-state index in [1.807, 2.05) is 6.92 Å². The highest BCUT2D eigenvalue weighted by atomic mass is 32.2. The largest absolute Gasteiger partial charge is 0.433 e. The second-order valence-corrected chi connectivity index (χ2v) is 5.59. The molecule has 0 fully saturated rings. The average Bonchev–Trinajstić information content (AvgIpc) is 2.28. The molecule has 1 aromatic rings. The van der Waals surface area contributed by atoms with Gasteiger partial charge in [0.05, 0.1) is 0 Å². The number of anilines is 1. The molecule has 0 aliphatic carbocycles. The SMILES string of the molecule is CC(CCNc1nccc(C(F)(F)F)n1)S(C)=O. The third kappa shape index (κ3) is 4.59. The van der Waals surface area contributed by atoms with Gasteiger partial charge in [0.15, 0.2) is 0 Å². The van der Waals surface area contributed by atoms with Crippen molar-refractivity contribution in [3.05, 3.63) is 18.0 Å². The number of alkyl halides is 3. The molecule has 0 spiro atoms. The highest BCUT2D eigenvalue weighted by Gasteiger charge is 2.32. The molecule has 1 rings (SSSR count). The van der Waals surface area contributed by atoms with Crippen LogP contribution < -0.4 is 5.32 Å². The lowest BCUT2D eigenvalue weighted by Gasteiger charge is -2.10. The van der Waals surface area contributed by atoms with Crippen LogP contribution in [0.2, 0.25) is 0 Å². The number of aromatic nitrogens is 2. The summed E-state index contributed by atoms with van der Waals surface area (Å²) in [6, 6.07) is 0.814.